The van der Waals surface area contributed by atoms with Gasteiger partial charge >= 0.3 is 0 Å². The maximum Gasteiger partial charge on any atom is 0.171 e. The van der Waals surface area contributed by atoms with Crippen molar-refractivity contribution in [3.63, 3.8) is 0 Å². The molecule has 0 aliphatic carbocycles. The highest BCUT2D eigenvalue weighted by Gasteiger charge is 2.30. The van der Waals surface area contributed by atoms with Crippen LogP contribution in [0.15, 0.2) is 10.5 Å². The van der Waals surface area contributed by atoms with Crippen molar-refractivity contribution >= 4 is 42.6 Å². The molecule has 1 rings (SSSR count). The third-order valence-corrected chi connectivity index (χ3v) is 5.13. The number of hydrogen-bond acceptors (Lipinski definition) is 3. The summed E-state index contributed by atoms with van der Waals surface area (Å²) >= 11 is 4.93. The van der Waals surface area contributed by atoms with Gasteiger partial charge in [0.15, 0.2) is 15.3 Å². The second-order valence-electron chi connectivity index (χ2n) is 5.41. The van der Waals surface area contributed by atoms with Gasteiger partial charge in [-0.15, -0.1) is 11.3 Å². The average molecular weight is 335 g/mol. The standard InChI is InChI=1S/C12H19BrO2SSi/c1-12(2,3)11(15-17(4)5)9-6-8(13)10(7-14)16-9/h6-7,11,17H,1-5H3. The molecule has 5 heteroatoms. The molecule has 0 aromatic carbocycles. The molecule has 96 valence electrons. The monoisotopic (exact) mass is 334 g/mol. The Hall–Kier alpha value is 0.0269. The fourth-order valence-corrected chi connectivity index (χ4v) is 4.66. The molecule has 1 aromatic rings. The van der Waals surface area contributed by atoms with Crippen LogP contribution in [0.3, 0.4) is 0 Å². The van der Waals surface area contributed by atoms with Crippen LogP contribution in [0.5, 0.6) is 0 Å². The lowest BCUT2D eigenvalue weighted by Crippen LogP contribution is -2.25. The molecular formula is C12H19BrO2SSi. The molecule has 0 saturated carbocycles. The maximum absolute atomic E-state index is 10.9. The van der Waals surface area contributed by atoms with E-state index in [1.54, 1.807) is 0 Å². The summed E-state index contributed by atoms with van der Waals surface area (Å²) in [7, 11) is -1.11. The second-order valence-corrected chi connectivity index (χ2v) is 9.75. The first-order chi connectivity index (χ1) is 7.75. The average Bonchev–Trinajstić information content (AvgIpc) is 2.53. The van der Waals surface area contributed by atoms with Crippen LogP contribution in [0.25, 0.3) is 0 Å². The molecule has 0 amide bonds. The number of aldehydes is 1. The van der Waals surface area contributed by atoms with Crippen molar-refractivity contribution < 1.29 is 9.22 Å². The lowest BCUT2D eigenvalue weighted by atomic mass is 9.88. The minimum absolute atomic E-state index is 0.0434. The van der Waals surface area contributed by atoms with Gasteiger partial charge in [-0.25, -0.2) is 0 Å². The van der Waals surface area contributed by atoms with Gasteiger partial charge in [-0.05, 0) is 40.5 Å². The van der Waals surface area contributed by atoms with Crippen LogP contribution < -0.4 is 0 Å². The van der Waals surface area contributed by atoms with Crippen molar-refractivity contribution in [1.82, 2.24) is 0 Å². The third kappa shape index (κ3) is 4.01. The predicted octanol–water partition coefficient (Wildman–Crippen LogP) is 4.41. The molecule has 0 radical (unpaired) electrons. The molecule has 0 aliphatic heterocycles. The molecule has 17 heavy (non-hydrogen) atoms. The van der Waals surface area contributed by atoms with E-state index in [-0.39, 0.29) is 11.5 Å². The fourth-order valence-electron chi connectivity index (χ4n) is 1.58. The zero-order chi connectivity index (χ0) is 13.2. The molecule has 1 aromatic heterocycles. The van der Waals surface area contributed by atoms with Gasteiger partial charge in [-0.3, -0.25) is 4.79 Å². The smallest absolute Gasteiger partial charge is 0.171 e. The van der Waals surface area contributed by atoms with Gasteiger partial charge in [-0.1, -0.05) is 20.8 Å². The quantitative estimate of drug-likeness (QED) is 0.602. The summed E-state index contributed by atoms with van der Waals surface area (Å²) in [6, 6.07) is 2.01. The summed E-state index contributed by atoms with van der Waals surface area (Å²) in [5.41, 5.74) is 0.0434. The Morgan fingerprint density at radius 3 is 2.41 bits per heavy atom. The lowest BCUT2D eigenvalue weighted by molar-refractivity contribution is 0.0898. The van der Waals surface area contributed by atoms with Crippen molar-refractivity contribution in [3.8, 4) is 0 Å². The SMILES string of the molecule is C[SiH](C)OC(c1cc(Br)c(C=O)s1)C(C)(C)C. The zero-order valence-electron chi connectivity index (χ0n) is 10.9. The molecule has 0 bridgehead atoms. The van der Waals surface area contributed by atoms with Gasteiger partial charge in [0.1, 0.15) is 0 Å². The minimum atomic E-state index is -1.11. The van der Waals surface area contributed by atoms with Crippen LogP contribution in [0.4, 0.5) is 0 Å². The largest absolute Gasteiger partial charge is 0.412 e. The highest BCUT2D eigenvalue weighted by molar-refractivity contribution is 9.10. The Morgan fingerprint density at radius 2 is 2.06 bits per heavy atom. The summed E-state index contributed by atoms with van der Waals surface area (Å²) in [4.78, 5) is 12.8. The molecule has 0 aliphatic rings. The van der Waals surface area contributed by atoms with Crippen LogP contribution in [0.1, 0.15) is 41.4 Å². The molecule has 0 saturated heterocycles. The Bertz CT molecular complexity index is 396. The first kappa shape index (κ1) is 15.1. The number of thiophene rings is 1. The summed E-state index contributed by atoms with van der Waals surface area (Å²) in [5.74, 6) is 0. The molecular weight excluding hydrogens is 316 g/mol. The number of halogens is 1. The van der Waals surface area contributed by atoms with Gasteiger partial charge < -0.3 is 4.43 Å². The van der Waals surface area contributed by atoms with Crippen molar-refractivity contribution in [2.45, 2.75) is 40.0 Å². The van der Waals surface area contributed by atoms with Gasteiger partial charge in [0.2, 0.25) is 0 Å². The number of hydrogen-bond donors (Lipinski definition) is 0. The molecule has 1 atom stereocenters. The summed E-state index contributed by atoms with van der Waals surface area (Å²) in [6.07, 6.45) is 0.967. The van der Waals surface area contributed by atoms with E-state index in [2.05, 4.69) is 49.8 Å². The minimum Gasteiger partial charge on any atom is -0.412 e. The highest BCUT2D eigenvalue weighted by atomic mass is 79.9. The van der Waals surface area contributed by atoms with Crippen LogP contribution in [0, 0.1) is 5.41 Å². The Labute approximate surface area is 117 Å². The van der Waals surface area contributed by atoms with Gasteiger partial charge in [-0.2, -0.15) is 0 Å². The molecule has 2 nitrogen and oxygen atoms in total. The molecule has 1 heterocycles. The van der Waals surface area contributed by atoms with E-state index in [4.69, 9.17) is 4.43 Å². The molecule has 0 fully saturated rings. The van der Waals surface area contributed by atoms with Crippen LogP contribution in [0.2, 0.25) is 13.1 Å². The van der Waals surface area contributed by atoms with E-state index in [9.17, 15) is 4.79 Å². The van der Waals surface area contributed by atoms with Crippen molar-refractivity contribution in [3.05, 3.63) is 20.3 Å². The van der Waals surface area contributed by atoms with E-state index in [0.29, 0.717) is 0 Å². The molecule has 0 N–H and O–H groups in total. The first-order valence-corrected chi connectivity index (χ1v) is 10.0. The number of rotatable bonds is 4. The van der Waals surface area contributed by atoms with E-state index >= 15 is 0 Å². The van der Waals surface area contributed by atoms with E-state index < -0.39 is 9.04 Å². The van der Waals surface area contributed by atoms with Crippen LogP contribution in [-0.4, -0.2) is 15.3 Å². The number of carbonyl (C=O) groups excluding carboxylic acids is 1. The van der Waals surface area contributed by atoms with Crippen molar-refractivity contribution in [2.24, 2.45) is 5.41 Å². The second kappa shape index (κ2) is 5.78. The van der Waals surface area contributed by atoms with Crippen LogP contribution in [-0.2, 0) is 4.43 Å². The number of carbonyl (C=O) groups is 1. The summed E-state index contributed by atoms with van der Waals surface area (Å²) in [6.45, 7) is 10.8. The topological polar surface area (TPSA) is 26.3 Å². The van der Waals surface area contributed by atoms with Crippen LogP contribution >= 0.6 is 27.3 Å². The molecule has 1 unspecified atom stereocenters. The Balaban J connectivity index is 3.08. The maximum atomic E-state index is 10.9. The van der Waals surface area contributed by atoms with Crippen molar-refractivity contribution in [2.75, 3.05) is 0 Å². The summed E-state index contributed by atoms with van der Waals surface area (Å²) < 4.78 is 7.00. The normalized spacial score (nSPS) is 14.1. The predicted molar refractivity (Wildman–Crippen MR) is 79.6 cm³/mol. The van der Waals surface area contributed by atoms with Gasteiger partial charge in [0.05, 0.1) is 11.0 Å². The fraction of sp³-hybridized carbons (Fsp3) is 0.583. The third-order valence-electron chi connectivity index (χ3n) is 2.29. The Kier molecular flexibility index (Phi) is 5.13. The Morgan fingerprint density at radius 1 is 1.47 bits per heavy atom. The van der Waals surface area contributed by atoms with E-state index in [1.807, 2.05) is 6.07 Å². The zero-order valence-corrected chi connectivity index (χ0v) is 14.5. The lowest BCUT2D eigenvalue weighted by Gasteiger charge is -2.31. The highest BCUT2D eigenvalue weighted by Crippen LogP contribution is 2.41. The van der Waals surface area contributed by atoms with Gasteiger partial charge in [0.25, 0.3) is 0 Å². The van der Waals surface area contributed by atoms with E-state index in [0.717, 1.165) is 20.5 Å². The molecule has 0 spiro atoms. The first-order valence-electron chi connectivity index (χ1n) is 5.65. The van der Waals surface area contributed by atoms with Crippen molar-refractivity contribution in [1.29, 1.82) is 0 Å². The van der Waals surface area contributed by atoms with E-state index in [1.165, 1.54) is 11.3 Å². The summed E-state index contributed by atoms with van der Waals surface area (Å²) in [5, 5.41) is 0. The van der Waals surface area contributed by atoms with Gasteiger partial charge in [0, 0.05) is 9.35 Å².